The topological polar surface area (TPSA) is 45.6 Å². The molecule has 1 aliphatic carbocycles. The molecule has 4 heteroatoms. The summed E-state index contributed by atoms with van der Waals surface area (Å²) < 4.78 is 5.35. The van der Waals surface area contributed by atoms with Crippen molar-refractivity contribution in [3.63, 3.8) is 0 Å². The van der Waals surface area contributed by atoms with E-state index in [4.69, 9.17) is 4.74 Å². The van der Waals surface area contributed by atoms with E-state index in [0.29, 0.717) is 6.04 Å². The molecule has 2 aromatic rings. The van der Waals surface area contributed by atoms with Gasteiger partial charge in [0, 0.05) is 31.5 Å². The number of aromatic nitrogens is 1. The summed E-state index contributed by atoms with van der Waals surface area (Å²) in [6.07, 6.45) is 7.48. The first-order valence-corrected chi connectivity index (χ1v) is 8.68. The fraction of sp³-hybridized carbons (Fsp3) is 0.450. The maximum Gasteiger partial charge on any atom is 0.119 e. The van der Waals surface area contributed by atoms with Crippen molar-refractivity contribution < 1.29 is 9.84 Å². The molecule has 0 saturated heterocycles. The van der Waals surface area contributed by atoms with Gasteiger partial charge in [0.15, 0.2) is 0 Å². The van der Waals surface area contributed by atoms with E-state index in [0.717, 1.165) is 44.5 Å². The van der Waals surface area contributed by atoms with Crippen molar-refractivity contribution in [2.45, 2.75) is 50.9 Å². The summed E-state index contributed by atoms with van der Waals surface area (Å²) in [5.41, 5.74) is 2.54. The fourth-order valence-corrected chi connectivity index (χ4v) is 3.47. The molecule has 3 rings (SSSR count). The van der Waals surface area contributed by atoms with Crippen LogP contribution in [-0.4, -0.2) is 34.2 Å². The van der Waals surface area contributed by atoms with E-state index in [1.807, 2.05) is 24.5 Å². The van der Waals surface area contributed by atoms with E-state index in [9.17, 15) is 5.11 Å². The van der Waals surface area contributed by atoms with Gasteiger partial charge in [-0.1, -0.05) is 12.1 Å². The van der Waals surface area contributed by atoms with Crippen LogP contribution in [0.1, 0.15) is 36.8 Å². The number of rotatable bonds is 6. The molecule has 1 N–H and O–H groups in total. The highest BCUT2D eigenvalue weighted by molar-refractivity contribution is 5.28. The minimum absolute atomic E-state index is 0.124. The zero-order valence-electron chi connectivity index (χ0n) is 14.3. The average molecular weight is 326 g/mol. The van der Waals surface area contributed by atoms with Crippen molar-refractivity contribution >= 4 is 0 Å². The Morgan fingerprint density at radius 1 is 1.04 bits per heavy atom. The highest BCUT2D eigenvalue weighted by Crippen LogP contribution is 2.26. The standard InChI is InChI=1S/C20H26N2O2/c1-24-20-4-2-3-17(13-20)15-22(14-16-9-11-21-12-10-16)18-5-7-19(23)8-6-18/h2-4,9-13,18-19,23H,5-8,14-15H2,1H3. The van der Waals surface area contributed by atoms with Gasteiger partial charge >= 0.3 is 0 Å². The van der Waals surface area contributed by atoms with Gasteiger partial charge in [0.25, 0.3) is 0 Å². The lowest BCUT2D eigenvalue weighted by Crippen LogP contribution is -2.38. The monoisotopic (exact) mass is 326 g/mol. The van der Waals surface area contributed by atoms with Crippen molar-refractivity contribution in [3.8, 4) is 5.75 Å². The van der Waals surface area contributed by atoms with Crippen molar-refractivity contribution in [2.24, 2.45) is 0 Å². The van der Waals surface area contributed by atoms with Crippen LogP contribution in [0.15, 0.2) is 48.8 Å². The highest BCUT2D eigenvalue weighted by atomic mass is 16.5. The van der Waals surface area contributed by atoms with Crippen LogP contribution in [-0.2, 0) is 13.1 Å². The van der Waals surface area contributed by atoms with E-state index in [-0.39, 0.29) is 6.10 Å². The van der Waals surface area contributed by atoms with Crippen LogP contribution in [0.2, 0.25) is 0 Å². The van der Waals surface area contributed by atoms with Gasteiger partial charge in [0.1, 0.15) is 5.75 Å². The number of hydrogen-bond acceptors (Lipinski definition) is 4. The lowest BCUT2D eigenvalue weighted by atomic mass is 9.91. The quantitative estimate of drug-likeness (QED) is 0.884. The first-order chi connectivity index (χ1) is 11.7. The highest BCUT2D eigenvalue weighted by Gasteiger charge is 2.25. The second-order valence-electron chi connectivity index (χ2n) is 6.57. The van der Waals surface area contributed by atoms with Crippen molar-refractivity contribution in [2.75, 3.05) is 7.11 Å². The summed E-state index contributed by atoms with van der Waals surface area (Å²) in [7, 11) is 1.70. The number of aliphatic hydroxyl groups excluding tert-OH is 1. The molecule has 0 radical (unpaired) electrons. The van der Waals surface area contributed by atoms with Gasteiger partial charge in [-0.2, -0.15) is 0 Å². The smallest absolute Gasteiger partial charge is 0.119 e. The van der Waals surface area contributed by atoms with E-state index in [2.05, 4.69) is 34.1 Å². The lowest BCUT2D eigenvalue weighted by Gasteiger charge is -2.36. The number of ether oxygens (including phenoxy) is 1. The molecule has 1 saturated carbocycles. The Bertz CT molecular complexity index is 625. The Kier molecular flexibility index (Phi) is 5.83. The Balaban J connectivity index is 1.75. The minimum atomic E-state index is -0.124. The maximum atomic E-state index is 9.81. The van der Waals surface area contributed by atoms with Gasteiger partial charge in [0.2, 0.25) is 0 Å². The number of benzene rings is 1. The van der Waals surface area contributed by atoms with Gasteiger partial charge in [-0.3, -0.25) is 9.88 Å². The number of hydrogen-bond donors (Lipinski definition) is 1. The minimum Gasteiger partial charge on any atom is -0.497 e. The SMILES string of the molecule is COc1cccc(CN(Cc2ccncc2)C2CCC(O)CC2)c1. The molecule has 0 aliphatic heterocycles. The molecule has 0 spiro atoms. The van der Waals surface area contributed by atoms with Crippen LogP contribution in [0.25, 0.3) is 0 Å². The summed E-state index contributed by atoms with van der Waals surface area (Å²) in [5.74, 6) is 0.899. The summed E-state index contributed by atoms with van der Waals surface area (Å²) in [6.45, 7) is 1.79. The lowest BCUT2D eigenvalue weighted by molar-refractivity contribution is 0.0665. The van der Waals surface area contributed by atoms with Gasteiger partial charge in [-0.15, -0.1) is 0 Å². The summed E-state index contributed by atoms with van der Waals surface area (Å²) in [4.78, 5) is 6.64. The van der Waals surface area contributed by atoms with E-state index < -0.39 is 0 Å². The maximum absolute atomic E-state index is 9.81. The van der Waals surface area contributed by atoms with Crippen molar-refractivity contribution in [1.29, 1.82) is 0 Å². The van der Waals surface area contributed by atoms with Gasteiger partial charge in [-0.25, -0.2) is 0 Å². The molecule has 1 aromatic carbocycles. The molecule has 4 nitrogen and oxygen atoms in total. The Hall–Kier alpha value is -1.91. The average Bonchev–Trinajstić information content (AvgIpc) is 2.63. The third-order valence-electron chi connectivity index (χ3n) is 4.84. The van der Waals surface area contributed by atoms with Crippen molar-refractivity contribution in [1.82, 2.24) is 9.88 Å². The third-order valence-corrected chi connectivity index (χ3v) is 4.84. The van der Waals surface area contributed by atoms with Gasteiger partial charge in [0.05, 0.1) is 13.2 Å². The Labute approximate surface area is 144 Å². The molecular weight excluding hydrogens is 300 g/mol. The summed E-state index contributed by atoms with van der Waals surface area (Å²) in [5, 5.41) is 9.81. The van der Waals surface area contributed by atoms with Crippen LogP contribution in [0.4, 0.5) is 0 Å². The third kappa shape index (κ3) is 4.56. The van der Waals surface area contributed by atoms with E-state index in [1.165, 1.54) is 11.1 Å². The second kappa shape index (κ2) is 8.27. The zero-order valence-corrected chi connectivity index (χ0v) is 14.3. The van der Waals surface area contributed by atoms with Crippen LogP contribution < -0.4 is 4.74 Å². The summed E-state index contributed by atoms with van der Waals surface area (Å²) in [6, 6.07) is 13.0. The number of methoxy groups -OCH3 is 1. The molecule has 24 heavy (non-hydrogen) atoms. The molecule has 1 aliphatic rings. The predicted molar refractivity (Wildman–Crippen MR) is 94.7 cm³/mol. The van der Waals surface area contributed by atoms with E-state index >= 15 is 0 Å². The molecule has 0 amide bonds. The summed E-state index contributed by atoms with van der Waals surface area (Å²) >= 11 is 0. The van der Waals surface area contributed by atoms with Crippen molar-refractivity contribution in [3.05, 3.63) is 59.9 Å². The molecule has 0 atom stereocenters. The first-order valence-electron chi connectivity index (χ1n) is 8.68. The second-order valence-corrected chi connectivity index (χ2v) is 6.57. The van der Waals surface area contributed by atoms with Crippen LogP contribution >= 0.6 is 0 Å². The Morgan fingerprint density at radius 2 is 1.75 bits per heavy atom. The number of nitrogens with zero attached hydrogens (tertiary/aromatic N) is 2. The van der Waals surface area contributed by atoms with Gasteiger partial charge < -0.3 is 9.84 Å². The normalized spacial score (nSPS) is 21.0. The fourth-order valence-electron chi connectivity index (χ4n) is 3.47. The largest absolute Gasteiger partial charge is 0.497 e. The van der Waals surface area contributed by atoms with E-state index in [1.54, 1.807) is 7.11 Å². The Morgan fingerprint density at radius 3 is 2.46 bits per heavy atom. The molecule has 1 heterocycles. The van der Waals surface area contributed by atoms with Crippen LogP contribution in [0.5, 0.6) is 5.75 Å². The molecule has 1 fully saturated rings. The molecule has 0 unspecified atom stereocenters. The number of pyridine rings is 1. The first kappa shape index (κ1) is 16.9. The molecule has 0 bridgehead atoms. The van der Waals surface area contributed by atoms with Gasteiger partial charge in [-0.05, 0) is 61.1 Å². The molecule has 1 aromatic heterocycles. The van der Waals surface area contributed by atoms with Crippen LogP contribution in [0, 0.1) is 0 Å². The molecular formula is C20H26N2O2. The number of aliphatic hydroxyl groups is 1. The molecule has 128 valence electrons. The zero-order chi connectivity index (χ0) is 16.8. The van der Waals surface area contributed by atoms with Crippen LogP contribution in [0.3, 0.4) is 0 Å². The predicted octanol–water partition coefficient (Wildman–Crippen LogP) is 3.40.